The van der Waals surface area contributed by atoms with Gasteiger partial charge in [-0.2, -0.15) is 0 Å². The zero-order valence-corrected chi connectivity index (χ0v) is 7.77. The molecule has 0 saturated heterocycles. The summed E-state index contributed by atoms with van der Waals surface area (Å²) >= 11 is 0. The quantitative estimate of drug-likeness (QED) is 0.739. The van der Waals surface area contributed by atoms with Crippen LogP contribution < -0.4 is 5.73 Å². The van der Waals surface area contributed by atoms with Gasteiger partial charge in [0.1, 0.15) is 0 Å². The van der Waals surface area contributed by atoms with Crippen molar-refractivity contribution in [2.45, 2.75) is 19.4 Å². The Hall–Kier alpha value is -1.28. The lowest BCUT2D eigenvalue weighted by Crippen LogP contribution is -2.17. The second kappa shape index (κ2) is 3.23. The Morgan fingerprint density at radius 1 is 1.38 bits per heavy atom. The normalized spacial score (nSPS) is 13.4. The van der Waals surface area contributed by atoms with Crippen LogP contribution in [0.25, 0.3) is 5.52 Å². The number of aromatic nitrogens is 1. The summed E-state index contributed by atoms with van der Waals surface area (Å²) in [5.41, 5.74) is 8.26. The van der Waals surface area contributed by atoms with Gasteiger partial charge in [-0.15, -0.1) is 0 Å². The van der Waals surface area contributed by atoms with Crippen LogP contribution in [0.3, 0.4) is 0 Å². The van der Waals surface area contributed by atoms with Crippen LogP contribution in [0.5, 0.6) is 0 Å². The lowest BCUT2D eigenvalue weighted by atomic mass is 10.1. The summed E-state index contributed by atoms with van der Waals surface area (Å²) < 4.78 is 2.12. The van der Waals surface area contributed by atoms with Crippen LogP contribution in [-0.4, -0.2) is 10.4 Å². The third-order valence-electron chi connectivity index (χ3n) is 2.14. The van der Waals surface area contributed by atoms with Gasteiger partial charge in [-0.1, -0.05) is 6.07 Å². The van der Waals surface area contributed by atoms with Crippen molar-refractivity contribution in [3.8, 4) is 0 Å². The number of hydrogen-bond donors (Lipinski definition) is 1. The standard InChI is InChI=1S/C11H14N2/c1-9(12)7-10-4-5-11-3-2-6-13(11)8-10/h2-6,8-9H,7,12H2,1H3. The summed E-state index contributed by atoms with van der Waals surface area (Å²) in [5, 5.41) is 0. The minimum Gasteiger partial charge on any atom is -0.328 e. The first kappa shape index (κ1) is 8.32. The van der Waals surface area contributed by atoms with Crippen molar-refractivity contribution in [3.63, 3.8) is 0 Å². The maximum Gasteiger partial charge on any atom is 0.0450 e. The molecule has 1 atom stereocenters. The summed E-state index contributed by atoms with van der Waals surface area (Å²) in [5.74, 6) is 0. The minimum atomic E-state index is 0.230. The van der Waals surface area contributed by atoms with Gasteiger partial charge in [-0.3, -0.25) is 0 Å². The molecule has 0 aromatic carbocycles. The first-order chi connectivity index (χ1) is 6.25. The smallest absolute Gasteiger partial charge is 0.0450 e. The Balaban J connectivity index is 2.37. The minimum absolute atomic E-state index is 0.230. The largest absolute Gasteiger partial charge is 0.328 e. The summed E-state index contributed by atoms with van der Waals surface area (Å²) in [6.45, 7) is 2.03. The van der Waals surface area contributed by atoms with Gasteiger partial charge in [-0.25, -0.2) is 0 Å². The SMILES string of the molecule is CC(N)Cc1ccc2cccn2c1. The molecule has 0 aliphatic carbocycles. The highest BCUT2D eigenvalue weighted by Crippen LogP contribution is 2.08. The van der Waals surface area contributed by atoms with E-state index in [0.29, 0.717) is 0 Å². The summed E-state index contributed by atoms with van der Waals surface area (Å²) in [6, 6.07) is 8.63. The van der Waals surface area contributed by atoms with Crippen molar-refractivity contribution in [2.75, 3.05) is 0 Å². The summed E-state index contributed by atoms with van der Waals surface area (Å²) in [7, 11) is 0. The predicted molar refractivity (Wildman–Crippen MR) is 54.8 cm³/mol. The van der Waals surface area contributed by atoms with Crippen molar-refractivity contribution in [3.05, 3.63) is 42.2 Å². The van der Waals surface area contributed by atoms with E-state index in [9.17, 15) is 0 Å². The van der Waals surface area contributed by atoms with E-state index >= 15 is 0 Å². The Morgan fingerprint density at radius 3 is 3.00 bits per heavy atom. The summed E-state index contributed by atoms with van der Waals surface area (Å²) in [4.78, 5) is 0. The van der Waals surface area contributed by atoms with E-state index < -0.39 is 0 Å². The van der Waals surface area contributed by atoms with Crippen LogP contribution in [-0.2, 0) is 6.42 Å². The Bertz CT molecular complexity index is 401. The average Bonchev–Trinajstić information content (AvgIpc) is 2.49. The van der Waals surface area contributed by atoms with E-state index in [-0.39, 0.29) is 6.04 Å². The summed E-state index contributed by atoms with van der Waals surface area (Å²) in [6.07, 6.45) is 5.13. The highest BCUT2D eigenvalue weighted by molar-refractivity contribution is 5.48. The molecule has 2 aromatic heterocycles. The predicted octanol–water partition coefficient (Wildman–Crippen LogP) is 1.83. The lowest BCUT2D eigenvalue weighted by molar-refractivity contribution is 0.735. The van der Waals surface area contributed by atoms with Crippen molar-refractivity contribution in [1.82, 2.24) is 4.40 Å². The molecule has 68 valence electrons. The topological polar surface area (TPSA) is 30.4 Å². The van der Waals surface area contributed by atoms with Crippen LogP contribution in [0.15, 0.2) is 36.7 Å². The van der Waals surface area contributed by atoms with Gasteiger partial charge < -0.3 is 10.1 Å². The molecule has 2 aromatic rings. The lowest BCUT2D eigenvalue weighted by Gasteiger charge is -2.05. The van der Waals surface area contributed by atoms with Crippen LogP contribution in [0, 0.1) is 0 Å². The van der Waals surface area contributed by atoms with Gasteiger partial charge in [-0.05, 0) is 37.1 Å². The molecule has 2 rings (SSSR count). The Morgan fingerprint density at radius 2 is 2.23 bits per heavy atom. The number of fused-ring (bicyclic) bond motifs is 1. The fraction of sp³-hybridized carbons (Fsp3) is 0.273. The molecule has 0 amide bonds. The van der Waals surface area contributed by atoms with Gasteiger partial charge in [0.2, 0.25) is 0 Å². The fourth-order valence-corrected chi connectivity index (χ4v) is 1.57. The van der Waals surface area contributed by atoms with Gasteiger partial charge in [0.25, 0.3) is 0 Å². The zero-order valence-electron chi connectivity index (χ0n) is 7.77. The maximum atomic E-state index is 5.73. The van der Waals surface area contributed by atoms with E-state index in [0.717, 1.165) is 6.42 Å². The second-order valence-corrected chi connectivity index (χ2v) is 3.56. The number of nitrogens with zero attached hydrogens (tertiary/aromatic N) is 1. The molecule has 0 aliphatic rings. The highest BCUT2D eigenvalue weighted by atomic mass is 14.8. The number of nitrogens with two attached hydrogens (primary N) is 1. The van der Waals surface area contributed by atoms with Crippen molar-refractivity contribution < 1.29 is 0 Å². The van der Waals surface area contributed by atoms with E-state index in [1.54, 1.807) is 0 Å². The third-order valence-corrected chi connectivity index (χ3v) is 2.14. The highest BCUT2D eigenvalue weighted by Gasteiger charge is 1.98. The number of rotatable bonds is 2. The van der Waals surface area contributed by atoms with E-state index in [1.165, 1.54) is 11.1 Å². The molecule has 2 nitrogen and oxygen atoms in total. The Kier molecular flexibility index (Phi) is 2.07. The molecule has 0 fully saturated rings. The van der Waals surface area contributed by atoms with Crippen LogP contribution >= 0.6 is 0 Å². The van der Waals surface area contributed by atoms with Crippen LogP contribution in [0.1, 0.15) is 12.5 Å². The third kappa shape index (κ3) is 1.73. The Labute approximate surface area is 78.0 Å². The molecule has 0 saturated carbocycles. The molecule has 0 radical (unpaired) electrons. The first-order valence-electron chi connectivity index (χ1n) is 4.57. The van der Waals surface area contributed by atoms with Crippen molar-refractivity contribution in [2.24, 2.45) is 5.73 Å². The molecule has 2 N–H and O–H groups in total. The van der Waals surface area contributed by atoms with Gasteiger partial charge >= 0.3 is 0 Å². The zero-order chi connectivity index (χ0) is 9.26. The molecular formula is C11H14N2. The molecule has 0 bridgehead atoms. The first-order valence-corrected chi connectivity index (χ1v) is 4.57. The maximum absolute atomic E-state index is 5.73. The van der Waals surface area contributed by atoms with Gasteiger partial charge in [0, 0.05) is 24.0 Å². The van der Waals surface area contributed by atoms with Crippen LogP contribution in [0.4, 0.5) is 0 Å². The van der Waals surface area contributed by atoms with E-state index in [2.05, 4.69) is 35.0 Å². The van der Waals surface area contributed by atoms with E-state index in [1.807, 2.05) is 13.0 Å². The number of hydrogen-bond acceptors (Lipinski definition) is 1. The van der Waals surface area contributed by atoms with Gasteiger partial charge in [0.15, 0.2) is 0 Å². The molecule has 1 unspecified atom stereocenters. The second-order valence-electron chi connectivity index (χ2n) is 3.56. The van der Waals surface area contributed by atoms with Crippen molar-refractivity contribution in [1.29, 1.82) is 0 Å². The molecule has 13 heavy (non-hydrogen) atoms. The number of pyridine rings is 1. The van der Waals surface area contributed by atoms with E-state index in [4.69, 9.17) is 5.73 Å². The molecule has 0 aliphatic heterocycles. The molecular weight excluding hydrogens is 160 g/mol. The average molecular weight is 174 g/mol. The fourth-order valence-electron chi connectivity index (χ4n) is 1.57. The van der Waals surface area contributed by atoms with Crippen molar-refractivity contribution >= 4 is 5.52 Å². The molecule has 2 heteroatoms. The molecule has 0 spiro atoms. The molecule has 2 heterocycles. The monoisotopic (exact) mass is 174 g/mol. The van der Waals surface area contributed by atoms with Crippen LogP contribution in [0.2, 0.25) is 0 Å². The van der Waals surface area contributed by atoms with Gasteiger partial charge in [0.05, 0.1) is 0 Å².